The number of aliphatic imine (C=N–C) groups is 1. The zero-order valence-corrected chi connectivity index (χ0v) is 5.02. The van der Waals surface area contributed by atoms with Crippen molar-refractivity contribution in [3.63, 3.8) is 0 Å². The predicted octanol–water partition coefficient (Wildman–Crippen LogP) is 1.63. The van der Waals surface area contributed by atoms with Crippen LogP contribution in [-0.4, -0.2) is 12.9 Å². The van der Waals surface area contributed by atoms with E-state index in [1.165, 1.54) is 6.21 Å². The van der Waals surface area contributed by atoms with Crippen LogP contribution in [0, 0.1) is 5.41 Å². The fourth-order valence-electron chi connectivity index (χ4n) is 0.370. The summed E-state index contributed by atoms with van der Waals surface area (Å²) >= 11 is 0. The molecule has 0 radical (unpaired) electrons. The van der Waals surface area contributed by atoms with Gasteiger partial charge in [0, 0.05) is 12.6 Å². The minimum atomic E-state index is 0.680. The number of allylic oxidation sites excluding steroid dienone is 1. The van der Waals surface area contributed by atoms with Gasteiger partial charge in [0.15, 0.2) is 0 Å². The average molecular weight is 110 g/mol. The van der Waals surface area contributed by atoms with E-state index in [1.54, 1.807) is 6.20 Å². The maximum Gasteiger partial charge on any atom is 0.0253 e. The van der Waals surface area contributed by atoms with E-state index in [2.05, 4.69) is 11.7 Å². The molecule has 0 spiro atoms. The molecule has 0 unspecified atom stereocenters. The smallest absolute Gasteiger partial charge is 0.0253 e. The first-order valence-electron chi connectivity index (χ1n) is 2.41. The third-order valence-electron chi connectivity index (χ3n) is 0.736. The summed E-state index contributed by atoms with van der Waals surface area (Å²) in [7, 11) is 0. The lowest BCUT2D eigenvalue weighted by atomic mass is 10.2. The minimum absolute atomic E-state index is 0.680. The van der Waals surface area contributed by atoms with Gasteiger partial charge in [0.05, 0.1) is 0 Å². The molecule has 1 N–H and O–H groups in total. The highest BCUT2D eigenvalue weighted by Crippen LogP contribution is 1.94. The molecule has 0 aromatic heterocycles. The second kappa shape index (κ2) is 4.24. The zero-order valence-electron chi connectivity index (χ0n) is 5.02. The van der Waals surface area contributed by atoms with Crippen LogP contribution in [0.3, 0.4) is 0 Å². The van der Waals surface area contributed by atoms with E-state index in [9.17, 15) is 0 Å². The van der Waals surface area contributed by atoms with Gasteiger partial charge in [-0.1, -0.05) is 0 Å². The van der Waals surface area contributed by atoms with Gasteiger partial charge in [0.25, 0.3) is 0 Å². The third-order valence-corrected chi connectivity index (χ3v) is 0.736. The Balaban J connectivity index is 3.60. The summed E-state index contributed by atoms with van der Waals surface area (Å²) in [5.41, 5.74) is 1.06. The molecule has 44 valence electrons. The molecule has 0 aromatic rings. The van der Waals surface area contributed by atoms with Crippen LogP contribution in [0.15, 0.2) is 16.8 Å². The lowest BCUT2D eigenvalue weighted by molar-refractivity contribution is 1.24. The molecule has 0 aliphatic carbocycles. The van der Waals surface area contributed by atoms with Crippen molar-refractivity contribution in [2.24, 2.45) is 4.99 Å². The predicted molar refractivity (Wildman–Crippen MR) is 36.7 cm³/mol. The first kappa shape index (κ1) is 7.08. The van der Waals surface area contributed by atoms with Crippen LogP contribution in [0.4, 0.5) is 0 Å². The van der Waals surface area contributed by atoms with Crippen molar-refractivity contribution in [3.05, 3.63) is 11.8 Å². The van der Waals surface area contributed by atoms with Gasteiger partial charge in [-0.05, 0) is 25.4 Å². The Hall–Kier alpha value is -0.920. The first-order valence-corrected chi connectivity index (χ1v) is 2.41. The standard InChI is InChI=1S/C6H10N2/c1-6(3-4-7)5-8-2/h4-5,7H,2-3H2,1H3/b6-5-,7-4?. The van der Waals surface area contributed by atoms with Crippen molar-refractivity contribution in [2.45, 2.75) is 13.3 Å². The van der Waals surface area contributed by atoms with Crippen LogP contribution in [0.25, 0.3) is 0 Å². The fourth-order valence-corrected chi connectivity index (χ4v) is 0.370. The van der Waals surface area contributed by atoms with Crippen LogP contribution >= 0.6 is 0 Å². The first-order chi connectivity index (χ1) is 3.81. The van der Waals surface area contributed by atoms with E-state index in [1.807, 2.05) is 6.92 Å². The zero-order chi connectivity index (χ0) is 6.41. The summed E-state index contributed by atoms with van der Waals surface area (Å²) in [4.78, 5) is 3.54. The third kappa shape index (κ3) is 3.28. The van der Waals surface area contributed by atoms with Crippen LogP contribution in [-0.2, 0) is 0 Å². The molecular weight excluding hydrogens is 100 g/mol. The summed E-state index contributed by atoms with van der Waals surface area (Å²) in [5, 5.41) is 6.68. The fraction of sp³-hybridized carbons (Fsp3) is 0.333. The summed E-state index contributed by atoms with van der Waals surface area (Å²) in [6.07, 6.45) is 3.68. The number of hydrogen-bond donors (Lipinski definition) is 1. The van der Waals surface area contributed by atoms with Crippen LogP contribution in [0.5, 0.6) is 0 Å². The average Bonchev–Trinajstić information content (AvgIpc) is 1.68. The van der Waals surface area contributed by atoms with Crippen molar-refractivity contribution in [1.82, 2.24) is 0 Å². The van der Waals surface area contributed by atoms with Gasteiger partial charge >= 0.3 is 0 Å². The summed E-state index contributed by atoms with van der Waals surface area (Å²) in [6.45, 7) is 5.20. The monoisotopic (exact) mass is 110 g/mol. The van der Waals surface area contributed by atoms with Crippen LogP contribution < -0.4 is 0 Å². The van der Waals surface area contributed by atoms with Gasteiger partial charge in [0.1, 0.15) is 0 Å². The summed E-state index contributed by atoms with van der Waals surface area (Å²) in [6, 6.07) is 0. The minimum Gasteiger partial charge on any atom is -0.313 e. The number of nitrogens with one attached hydrogen (secondary N) is 1. The van der Waals surface area contributed by atoms with Crippen molar-refractivity contribution < 1.29 is 0 Å². The molecular formula is C6H10N2. The molecule has 0 heterocycles. The van der Waals surface area contributed by atoms with Crippen molar-refractivity contribution in [2.75, 3.05) is 0 Å². The molecule has 0 atom stereocenters. The van der Waals surface area contributed by atoms with Crippen molar-refractivity contribution >= 4 is 12.9 Å². The Labute approximate surface area is 49.5 Å². The lowest BCUT2D eigenvalue weighted by Crippen LogP contribution is -1.74. The summed E-state index contributed by atoms with van der Waals surface area (Å²) < 4.78 is 0. The van der Waals surface area contributed by atoms with Gasteiger partial charge in [-0.15, -0.1) is 0 Å². The van der Waals surface area contributed by atoms with Crippen molar-refractivity contribution in [1.29, 1.82) is 5.41 Å². The van der Waals surface area contributed by atoms with Gasteiger partial charge in [-0.25, -0.2) is 0 Å². The quantitative estimate of drug-likeness (QED) is 0.536. The second-order valence-corrected chi connectivity index (χ2v) is 1.57. The van der Waals surface area contributed by atoms with E-state index in [0.717, 1.165) is 5.57 Å². The highest BCUT2D eigenvalue weighted by molar-refractivity contribution is 5.57. The maximum absolute atomic E-state index is 6.68. The maximum atomic E-state index is 6.68. The molecule has 0 bridgehead atoms. The second-order valence-electron chi connectivity index (χ2n) is 1.57. The molecule has 0 amide bonds. The van der Waals surface area contributed by atoms with Gasteiger partial charge < -0.3 is 5.41 Å². The van der Waals surface area contributed by atoms with Gasteiger partial charge in [-0.2, -0.15) is 0 Å². The molecule has 2 nitrogen and oxygen atoms in total. The molecule has 8 heavy (non-hydrogen) atoms. The van der Waals surface area contributed by atoms with E-state index in [4.69, 9.17) is 5.41 Å². The van der Waals surface area contributed by atoms with Crippen LogP contribution in [0.2, 0.25) is 0 Å². The van der Waals surface area contributed by atoms with Gasteiger partial charge in [0.2, 0.25) is 0 Å². The molecule has 0 saturated carbocycles. The molecule has 0 saturated heterocycles. The molecule has 0 aliphatic heterocycles. The Morgan fingerprint density at radius 3 is 2.88 bits per heavy atom. The van der Waals surface area contributed by atoms with E-state index < -0.39 is 0 Å². The van der Waals surface area contributed by atoms with Crippen LogP contribution in [0.1, 0.15) is 13.3 Å². The molecule has 0 rings (SSSR count). The molecule has 2 heteroatoms. The molecule has 0 fully saturated rings. The van der Waals surface area contributed by atoms with E-state index in [-0.39, 0.29) is 0 Å². The molecule has 0 aromatic carbocycles. The number of hydrogen-bond acceptors (Lipinski definition) is 2. The number of rotatable bonds is 3. The van der Waals surface area contributed by atoms with Crippen molar-refractivity contribution in [3.8, 4) is 0 Å². The highest BCUT2D eigenvalue weighted by Gasteiger charge is 1.79. The normalized spacial score (nSPS) is 10.9. The highest BCUT2D eigenvalue weighted by atomic mass is 14.6. The Morgan fingerprint density at radius 1 is 1.88 bits per heavy atom. The van der Waals surface area contributed by atoms with Gasteiger partial charge in [-0.3, -0.25) is 4.99 Å². The summed E-state index contributed by atoms with van der Waals surface area (Å²) in [5.74, 6) is 0. The Morgan fingerprint density at radius 2 is 2.50 bits per heavy atom. The SMILES string of the molecule is C=N/C=C(/C)CC=N. The molecule has 0 aliphatic rings. The topological polar surface area (TPSA) is 36.2 Å². The Bertz CT molecular complexity index is 114. The largest absolute Gasteiger partial charge is 0.313 e. The lowest BCUT2D eigenvalue weighted by Gasteiger charge is -1.86. The number of nitrogens with zero attached hydrogens (tertiary/aromatic N) is 1. The van der Waals surface area contributed by atoms with E-state index in [0.29, 0.717) is 6.42 Å². The Kier molecular flexibility index (Phi) is 3.76. The van der Waals surface area contributed by atoms with E-state index >= 15 is 0 Å².